The lowest BCUT2D eigenvalue weighted by atomic mass is 10.1. The number of hydrogen-bond acceptors (Lipinski definition) is 3. The van der Waals surface area contributed by atoms with Crippen LogP contribution in [0.3, 0.4) is 0 Å². The van der Waals surface area contributed by atoms with E-state index in [0.717, 1.165) is 24.3 Å². The Morgan fingerprint density at radius 3 is 2.79 bits per heavy atom. The summed E-state index contributed by atoms with van der Waals surface area (Å²) in [6, 6.07) is 6.19. The molecule has 0 aliphatic carbocycles. The summed E-state index contributed by atoms with van der Waals surface area (Å²) in [5.41, 5.74) is 2.37. The molecule has 0 radical (unpaired) electrons. The SMILES string of the molecule is Cc1cc(N2CCCC2CN(C)C)ccc1C(=O)O. The van der Waals surface area contributed by atoms with Gasteiger partial charge in [0, 0.05) is 24.8 Å². The van der Waals surface area contributed by atoms with Crippen LogP contribution in [0.4, 0.5) is 5.69 Å². The third-order valence-electron chi connectivity index (χ3n) is 3.73. The van der Waals surface area contributed by atoms with Crippen molar-refractivity contribution in [2.45, 2.75) is 25.8 Å². The Bertz CT molecular complexity index is 471. The lowest BCUT2D eigenvalue weighted by Crippen LogP contribution is -2.37. The van der Waals surface area contributed by atoms with Crippen LogP contribution in [0.15, 0.2) is 18.2 Å². The van der Waals surface area contributed by atoms with E-state index in [1.165, 1.54) is 12.8 Å². The lowest BCUT2D eigenvalue weighted by molar-refractivity contribution is 0.0696. The average Bonchev–Trinajstić information content (AvgIpc) is 2.75. The van der Waals surface area contributed by atoms with Crippen LogP contribution in [-0.2, 0) is 0 Å². The van der Waals surface area contributed by atoms with Crippen molar-refractivity contribution >= 4 is 11.7 Å². The Morgan fingerprint density at radius 2 is 2.21 bits per heavy atom. The first-order valence-corrected chi connectivity index (χ1v) is 6.74. The van der Waals surface area contributed by atoms with Gasteiger partial charge in [0.05, 0.1) is 5.56 Å². The molecule has 2 rings (SSSR count). The maximum absolute atomic E-state index is 11.0. The molecule has 0 saturated carbocycles. The van der Waals surface area contributed by atoms with Gasteiger partial charge in [-0.3, -0.25) is 0 Å². The number of carboxylic acid groups (broad SMARTS) is 1. The summed E-state index contributed by atoms with van der Waals surface area (Å²) >= 11 is 0. The second-order valence-corrected chi connectivity index (χ2v) is 5.56. The number of carboxylic acids is 1. The molecular formula is C15H22N2O2. The van der Waals surface area contributed by atoms with Crippen molar-refractivity contribution in [3.63, 3.8) is 0 Å². The van der Waals surface area contributed by atoms with Gasteiger partial charge in [0.1, 0.15) is 0 Å². The van der Waals surface area contributed by atoms with Crippen molar-refractivity contribution < 1.29 is 9.90 Å². The van der Waals surface area contributed by atoms with Crippen molar-refractivity contribution in [1.82, 2.24) is 4.90 Å². The van der Waals surface area contributed by atoms with E-state index in [9.17, 15) is 4.79 Å². The third-order valence-corrected chi connectivity index (χ3v) is 3.73. The first-order chi connectivity index (χ1) is 8.99. The van der Waals surface area contributed by atoms with Gasteiger partial charge >= 0.3 is 5.97 Å². The molecule has 104 valence electrons. The smallest absolute Gasteiger partial charge is 0.335 e. The minimum Gasteiger partial charge on any atom is -0.478 e. The highest BCUT2D eigenvalue weighted by Gasteiger charge is 2.25. The molecule has 19 heavy (non-hydrogen) atoms. The van der Waals surface area contributed by atoms with Crippen LogP contribution in [0.2, 0.25) is 0 Å². The first-order valence-electron chi connectivity index (χ1n) is 6.74. The normalized spacial score (nSPS) is 19.2. The van der Waals surface area contributed by atoms with Crippen molar-refractivity contribution in [3.05, 3.63) is 29.3 Å². The monoisotopic (exact) mass is 262 g/mol. The van der Waals surface area contributed by atoms with Crippen LogP contribution in [0.1, 0.15) is 28.8 Å². The quantitative estimate of drug-likeness (QED) is 0.903. The average molecular weight is 262 g/mol. The molecule has 1 aliphatic heterocycles. The zero-order valence-electron chi connectivity index (χ0n) is 11.9. The minimum atomic E-state index is -0.852. The van der Waals surface area contributed by atoms with E-state index in [2.05, 4.69) is 23.9 Å². The Balaban J connectivity index is 2.21. The maximum Gasteiger partial charge on any atom is 0.335 e. The van der Waals surface area contributed by atoms with Gasteiger partial charge in [0.25, 0.3) is 0 Å². The van der Waals surface area contributed by atoms with Gasteiger partial charge in [-0.1, -0.05) is 0 Å². The van der Waals surface area contributed by atoms with Crippen LogP contribution in [0, 0.1) is 6.92 Å². The summed E-state index contributed by atoms with van der Waals surface area (Å²) in [6.07, 6.45) is 2.41. The van der Waals surface area contributed by atoms with E-state index in [1.54, 1.807) is 6.07 Å². The van der Waals surface area contributed by atoms with Gasteiger partial charge in [-0.15, -0.1) is 0 Å². The van der Waals surface area contributed by atoms with Crippen LogP contribution >= 0.6 is 0 Å². The number of anilines is 1. The van der Waals surface area contributed by atoms with Crippen LogP contribution in [-0.4, -0.2) is 49.2 Å². The molecule has 1 aromatic carbocycles. The number of hydrogen-bond donors (Lipinski definition) is 1. The van der Waals surface area contributed by atoms with Gasteiger partial charge in [-0.25, -0.2) is 4.79 Å². The molecule has 4 heteroatoms. The van der Waals surface area contributed by atoms with E-state index in [-0.39, 0.29) is 0 Å². The van der Waals surface area contributed by atoms with E-state index >= 15 is 0 Å². The van der Waals surface area contributed by atoms with Crippen LogP contribution in [0.5, 0.6) is 0 Å². The van der Waals surface area contributed by atoms with E-state index in [0.29, 0.717) is 11.6 Å². The van der Waals surface area contributed by atoms with Crippen LogP contribution < -0.4 is 4.90 Å². The maximum atomic E-state index is 11.0. The molecule has 0 spiro atoms. The number of aromatic carboxylic acids is 1. The molecule has 1 saturated heterocycles. The fourth-order valence-corrected chi connectivity index (χ4v) is 2.85. The fourth-order valence-electron chi connectivity index (χ4n) is 2.85. The molecule has 1 N–H and O–H groups in total. The Labute approximate surface area is 114 Å². The first kappa shape index (κ1) is 13.9. The molecule has 1 unspecified atom stereocenters. The molecule has 0 aromatic heterocycles. The number of nitrogens with zero attached hydrogens (tertiary/aromatic N) is 2. The lowest BCUT2D eigenvalue weighted by Gasteiger charge is -2.29. The highest BCUT2D eigenvalue weighted by atomic mass is 16.4. The van der Waals surface area contributed by atoms with Crippen LogP contribution in [0.25, 0.3) is 0 Å². The zero-order chi connectivity index (χ0) is 14.0. The summed E-state index contributed by atoms with van der Waals surface area (Å²) < 4.78 is 0. The molecular weight excluding hydrogens is 240 g/mol. The van der Waals surface area contributed by atoms with E-state index < -0.39 is 5.97 Å². The summed E-state index contributed by atoms with van der Waals surface area (Å²) in [7, 11) is 4.19. The standard InChI is InChI=1S/C15H22N2O2/c1-11-9-12(6-7-14(11)15(18)19)17-8-4-5-13(17)10-16(2)3/h6-7,9,13H,4-5,8,10H2,1-3H3,(H,18,19). The highest BCUT2D eigenvalue weighted by Crippen LogP contribution is 2.27. The summed E-state index contributed by atoms with van der Waals surface area (Å²) in [4.78, 5) is 15.7. The van der Waals surface area contributed by atoms with Gasteiger partial charge in [0.15, 0.2) is 0 Å². The van der Waals surface area contributed by atoms with Gasteiger partial charge < -0.3 is 14.9 Å². The second kappa shape index (κ2) is 5.61. The molecule has 0 amide bonds. The predicted octanol–water partition coefficient (Wildman–Crippen LogP) is 2.22. The van der Waals surface area contributed by atoms with Gasteiger partial charge in [-0.2, -0.15) is 0 Å². The molecule has 0 bridgehead atoms. The topological polar surface area (TPSA) is 43.8 Å². The van der Waals surface area contributed by atoms with Crippen molar-refractivity contribution in [1.29, 1.82) is 0 Å². The highest BCUT2D eigenvalue weighted by molar-refractivity contribution is 5.89. The van der Waals surface area contributed by atoms with Gasteiger partial charge in [0.2, 0.25) is 0 Å². The Morgan fingerprint density at radius 1 is 1.47 bits per heavy atom. The fraction of sp³-hybridized carbons (Fsp3) is 0.533. The van der Waals surface area contributed by atoms with Crippen molar-refractivity contribution in [2.75, 3.05) is 32.1 Å². The zero-order valence-corrected chi connectivity index (χ0v) is 11.9. The predicted molar refractivity (Wildman–Crippen MR) is 77.1 cm³/mol. The van der Waals surface area contributed by atoms with E-state index in [1.807, 2.05) is 19.1 Å². The third kappa shape index (κ3) is 3.07. The Hall–Kier alpha value is -1.55. The van der Waals surface area contributed by atoms with Crippen molar-refractivity contribution in [3.8, 4) is 0 Å². The summed E-state index contributed by atoms with van der Waals surface area (Å²) in [5.74, 6) is -0.852. The molecule has 4 nitrogen and oxygen atoms in total. The van der Waals surface area contributed by atoms with Gasteiger partial charge in [-0.05, 0) is 57.6 Å². The largest absolute Gasteiger partial charge is 0.478 e. The summed E-state index contributed by atoms with van der Waals surface area (Å²) in [6.45, 7) is 3.97. The molecule has 1 atom stereocenters. The van der Waals surface area contributed by atoms with Crippen molar-refractivity contribution in [2.24, 2.45) is 0 Å². The molecule has 1 aromatic rings. The minimum absolute atomic E-state index is 0.395. The Kier molecular flexibility index (Phi) is 4.10. The van der Waals surface area contributed by atoms with E-state index in [4.69, 9.17) is 5.11 Å². The molecule has 1 heterocycles. The molecule has 1 aliphatic rings. The number of carbonyl (C=O) groups is 1. The number of aryl methyl sites for hydroxylation is 1. The second-order valence-electron chi connectivity index (χ2n) is 5.56. The molecule has 1 fully saturated rings. The number of likely N-dealkylation sites (N-methyl/N-ethyl adjacent to an activating group) is 1. The number of benzene rings is 1. The number of rotatable bonds is 4. The summed E-state index contributed by atoms with van der Waals surface area (Å²) in [5, 5.41) is 9.07.